The molecule has 11 heteroatoms. The van der Waals surface area contributed by atoms with Crippen LogP contribution in [0.5, 0.6) is 0 Å². The molecule has 0 bridgehead atoms. The molecule has 3 atom stereocenters. The highest BCUT2D eigenvalue weighted by Gasteiger charge is 2.43. The summed E-state index contributed by atoms with van der Waals surface area (Å²) in [6.07, 6.45) is -8.51. The zero-order valence-corrected chi connectivity index (χ0v) is 17.9. The normalized spacial score (nSPS) is 16.2. The zero-order valence-electron chi connectivity index (χ0n) is 17.9. The fourth-order valence-corrected chi connectivity index (χ4v) is 2.58. The number of carbonyl (C=O) groups is 3. The Morgan fingerprint density at radius 1 is 0.900 bits per heavy atom. The van der Waals surface area contributed by atoms with Crippen molar-refractivity contribution in [1.29, 1.82) is 0 Å². The number of ether oxygens (including phenoxy) is 3. The molecule has 0 aliphatic heterocycles. The van der Waals surface area contributed by atoms with Crippen molar-refractivity contribution in [2.45, 2.75) is 72.3 Å². The molecule has 0 saturated heterocycles. The van der Waals surface area contributed by atoms with Gasteiger partial charge in [-0.1, -0.05) is 6.92 Å². The number of alkyl halides is 3. The first-order valence-corrected chi connectivity index (χ1v) is 9.45. The highest BCUT2D eigenvalue weighted by atomic mass is 19.4. The van der Waals surface area contributed by atoms with E-state index in [1.807, 2.05) is 0 Å². The Morgan fingerprint density at radius 3 is 1.87 bits per heavy atom. The van der Waals surface area contributed by atoms with Gasteiger partial charge in [0.05, 0.1) is 16.9 Å². The Hall–Kier alpha value is -1.88. The summed E-state index contributed by atoms with van der Waals surface area (Å²) in [5, 5.41) is 18.9. The lowest BCUT2D eigenvalue weighted by Crippen LogP contribution is -2.40. The Labute approximate surface area is 173 Å². The van der Waals surface area contributed by atoms with Crippen LogP contribution in [0.1, 0.15) is 53.9 Å². The largest absolute Gasteiger partial charge is 0.463 e. The quantitative estimate of drug-likeness (QED) is 0.347. The predicted molar refractivity (Wildman–Crippen MR) is 98.0 cm³/mol. The van der Waals surface area contributed by atoms with Crippen LogP contribution >= 0.6 is 0 Å². The molecule has 8 nitrogen and oxygen atoms in total. The van der Waals surface area contributed by atoms with Crippen molar-refractivity contribution in [2.24, 2.45) is 10.8 Å². The van der Waals surface area contributed by atoms with E-state index in [0.29, 0.717) is 0 Å². The van der Waals surface area contributed by atoms with Crippen LogP contribution in [0.25, 0.3) is 0 Å². The van der Waals surface area contributed by atoms with E-state index >= 15 is 0 Å². The van der Waals surface area contributed by atoms with E-state index in [2.05, 4.69) is 4.74 Å². The first-order valence-electron chi connectivity index (χ1n) is 9.45. The second kappa shape index (κ2) is 11.5. The lowest BCUT2D eigenvalue weighted by molar-refractivity contribution is -0.175. The van der Waals surface area contributed by atoms with E-state index in [0.717, 1.165) is 0 Å². The molecule has 0 spiro atoms. The highest BCUT2D eigenvalue weighted by Crippen LogP contribution is 2.38. The van der Waals surface area contributed by atoms with E-state index in [4.69, 9.17) is 9.47 Å². The Bertz CT molecular complexity index is 589. The first kappa shape index (κ1) is 28.1. The minimum Gasteiger partial charge on any atom is -0.463 e. The minimum atomic E-state index is -4.72. The van der Waals surface area contributed by atoms with Gasteiger partial charge in [-0.2, -0.15) is 13.2 Å². The zero-order chi connectivity index (χ0) is 23.8. The fourth-order valence-electron chi connectivity index (χ4n) is 2.58. The van der Waals surface area contributed by atoms with Crippen molar-refractivity contribution >= 4 is 17.9 Å². The second-order valence-corrected chi connectivity index (χ2v) is 8.15. The van der Waals surface area contributed by atoms with Gasteiger partial charge in [-0.15, -0.1) is 0 Å². The van der Waals surface area contributed by atoms with Gasteiger partial charge in [0.15, 0.2) is 0 Å². The molecule has 3 unspecified atom stereocenters. The van der Waals surface area contributed by atoms with Crippen LogP contribution in [0.2, 0.25) is 0 Å². The molecule has 0 fully saturated rings. The number of hydrogen-bond acceptors (Lipinski definition) is 8. The molecule has 0 aliphatic rings. The average molecular weight is 444 g/mol. The summed E-state index contributed by atoms with van der Waals surface area (Å²) in [4.78, 5) is 35.8. The van der Waals surface area contributed by atoms with Crippen LogP contribution in [0.3, 0.4) is 0 Å². The summed E-state index contributed by atoms with van der Waals surface area (Å²) in [6, 6.07) is 0. The SMILES string of the molecule is CCC(C)(CC(C)(C)C(=O)OCC(C)O)C(=O)OCC(O)COC(=O)CC(F)(F)F. The Kier molecular flexibility index (Phi) is 10.8. The summed E-state index contributed by atoms with van der Waals surface area (Å²) in [5.41, 5.74) is -2.20. The van der Waals surface area contributed by atoms with Crippen molar-refractivity contribution < 1.29 is 52.0 Å². The van der Waals surface area contributed by atoms with E-state index in [1.165, 1.54) is 6.92 Å². The molecular weight excluding hydrogens is 413 g/mol. The maximum absolute atomic E-state index is 12.5. The number of carbonyl (C=O) groups excluding carboxylic acids is 3. The number of halogens is 3. The molecular formula is C19H31F3O8. The summed E-state index contributed by atoms with van der Waals surface area (Å²) in [6.45, 7) is 6.33. The van der Waals surface area contributed by atoms with Crippen molar-refractivity contribution in [1.82, 2.24) is 0 Å². The Balaban J connectivity index is 4.73. The minimum absolute atomic E-state index is 0.0463. The third kappa shape index (κ3) is 10.8. The molecule has 0 amide bonds. The highest BCUT2D eigenvalue weighted by molar-refractivity contribution is 5.80. The van der Waals surface area contributed by atoms with Crippen molar-refractivity contribution in [2.75, 3.05) is 19.8 Å². The van der Waals surface area contributed by atoms with E-state index in [9.17, 15) is 37.8 Å². The predicted octanol–water partition coefficient (Wildman–Crippen LogP) is 2.14. The van der Waals surface area contributed by atoms with Crippen molar-refractivity contribution in [3.63, 3.8) is 0 Å². The second-order valence-electron chi connectivity index (χ2n) is 8.15. The number of esters is 3. The lowest BCUT2D eigenvalue weighted by atomic mass is 9.72. The van der Waals surface area contributed by atoms with Gasteiger partial charge in [0, 0.05) is 0 Å². The van der Waals surface area contributed by atoms with Crippen LogP contribution in [0.4, 0.5) is 13.2 Å². The van der Waals surface area contributed by atoms with Crippen LogP contribution in [0, 0.1) is 10.8 Å². The van der Waals surface area contributed by atoms with Crippen molar-refractivity contribution in [3.8, 4) is 0 Å². The lowest BCUT2D eigenvalue weighted by Gasteiger charge is -2.34. The van der Waals surface area contributed by atoms with Gasteiger partial charge >= 0.3 is 24.1 Å². The van der Waals surface area contributed by atoms with E-state index in [1.54, 1.807) is 27.7 Å². The van der Waals surface area contributed by atoms with E-state index in [-0.39, 0.29) is 19.4 Å². The maximum atomic E-state index is 12.5. The van der Waals surface area contributed by atoms with Gasteiger partial charge in [-0.3, -0.25) is 14.4 Å². The molecule has 176 valence electrons. The number of rotatable bonds is 12. The molecule has 0 aromatic carbocycles. The van der Waals surface area contributed by atoms with Crippen LogP contribution < -0.4 is 0 Å². The molecule has 30 heavy (non-hydrogen) atoms. The molecule has 0 heterocycles. The monoisotopic (exact) mass is 444 g/mol. The molecule has 0 saturated carbocycles. The summed E-state index contributed by atoms with van der Waals surface area (Å²) in [5.74, 6) is -2.89. The van der Waals surface area contributed by atoms with Crippen molar-refractivity contribution in [3.05, 3.63) is 0 Å². The van der Waals surface area contributed by atoms with Gasteiger partial charge in [-0.25, -0.2) is 0 Å². The molecule has 0 aromatic heterocycles. The fraction of sp³-hybridized carbons (Fsp3) is 0.842. The summed E-state index contributed by atoms with van der Waals surface area (Å²) in [7, 11) is 0. The molecule has 0 aliphatic carbocycles. The van der Waals surface area contributed by atoms with Gasteiger partial charge in [0.25, 0.3) is 0 Å². The first-order chi connectivity index (χ1) is 13.5. The van der Waals surface area contributed by atoms with Gasteiger partial charge in [-0.05, 0) is 40.5 Å². The summed E-state index contributed by atoms with van der Waals surface area (Å²) < 4.78 is 50.5. The van der Waals surface area contributed by atoms with Crippen LogP contribution in [-0.2, 0) is 28.6 Å². The molecule has 0 aromatic rings. The molecule has 2 N–H and O–H groups in total. The van der Waals surface area contributed by atoms with Gasteiger partial charge < -0.3 is 24.4 Å². The number of aliphatic hydroxyl groups is 2. The topological polar surface area (TPSA) is 119 Å². The van der Waals surface area contributed by atoms with Gasteiger partial charge in [0.1, 0.15) is 32.3 Å². The third-order valence-electron chi connectivity index (χ3n) is 4.30. The van der Waals surface area contributed by atoms with Gasteiger partial charge in [0.2, 0.25) is 0 Å². The standard InChI is InChI=1S/C19H31F3O8/c1-6-18(5,11-17(3,4)15(26)29-8-12(2)23)16(27)30-10-13(24)9-28-14(25)7-19(20,21)22/h12-13,23-24H,6-11H2,1-5H3. The average Bonchev–Trinajstić information content (AvgIpc) is 2.60. The van der Waals surface area contributed by atoms with E-state index < -0.39 is 66.8 Å². The van der Waals surface area contributed by atoms with Crippen LogP contribution in [0.15, 0.2) is 0 Å². The smallest absolute Gasteiger partial charge is 0.399 e. The van der Waals surface area contributed by atoms with Crippen LogP contribution in [-0.4, -0.2) is 66.3 Å². The summed E-state index contributed by atoms with van der Waals surface area (Å²) >= 11 is 0. The third-order valence-corrected chi connectivity index (χ3v) is 4.30. The molecule has 0 radical (unpaired) electrons. The molecule has 0 rings (SSSR count). The Morgan fingerprint density at radius 2 is 1.40 bits per heavy atom. The number of aliphatic hydroxyl groups excluding tert-OH is 2. The number of hydrogen-bond donors (Lipinski definition) is 2. The maximum Gasteiger partial charge on any atom is 0.399 e.